The third-order valence-corrected chi connectivity index (χ3v) is 6.48. The normalized spacial score (nSPS) is 11.0. The summed E-state index contributed by atoms with van der Waals surface area (Å²) in [6.07, 6.45) is 0.836. The fraction of sp³-hybridized carbons (Fsp3) is 0.222. The van der Waals surface area contributed by atoms with Crippen molar-refractivity contribution in [3.63, 3.8) is 0 Å². The van der Waals surface area contributed by atoms with Gasteiger partial charge in [0.2, 0.25) is 5.91 Å². The maximum Gasteiger partial charge on any atom is 0.266 e. The molecule has 5 nitrogen and oxygen atoms in total. The van der Waals surface area contributed by atoms with E-state index in [0.29, 0.717) is 16.1 Å². The molecule has 3 aromatic carbocycles. The number of carbonyl (C=O) groups excluding carboxylic acids is 1. The summed E-state index contributed by atoms with van der Waals surface area (Å²) in [6, 6.07) is 19.3. The number of rotatable bonds is 6. The minimum absolute atomic E-state index is 0.126. The lowest BCUT2D eigenvalue weighted by atomic mass is 10.1. The van der Waals surface area contributed by atoms with Gasteiger partial charge in [-0.05, 0) is 73.7 Å². The van der Waals surface area contributed by atoms with Crippen molar-refractivity contribution in [2.24, 2.45) is 0 Å². The number of para-hydroxylation sites is 2. The predicted molar refractivity (Wildman–Crippen MR) is 137 cm³/mol. The van der Waals surface area contributed by atoms with E-state index in [9.17, 15) is 9.59 Å². The largest absolute Gasteiger partial charge is 0.325 e. The minimum Gasteiger partial charge on any atom is -0.325 e. The Morgan fingerprint density at radius 2 is 1.73 bits per heavy atom. The summed E-state index contributed by atoms with van der Waals surface area (Å²) < 4.78 is 1.62. The zero-order valence-electron chi connectivity index (χ0n) is 19.3. The molecule has 0 aliphatic carbocycles. The quantitative estimate of drug-likeness (QED) is 0.302. The van der Waals surface area contributed by atoms with Crippen LogP contribution in [0.4, 0.5) is 5.69 Å². The fourth-order valence-corrected chi connectivity index (χ4v) is 4.84. The van der Waals surface area contributed by atoms with E-state index in [-0.39, 0.29) is 17.2 Å². The summed E-state index contributed by atoms with van der Waals surface area (Å²) in [4.78, 5) is 31.1. The van der Waals surface area contributed by atoms with E-state index in [1.807, 2.05) is 69.3 Å². The molecular weight excluding hydrogens is 430 g/mol. The highest BCUT2D eigenvalue weighted by Gasteiger charge is 2.16. The smallest absolute Gasteiger partial charge is 0.266 e. The summed E-state index contributed by atoms with van der Waals surface area (Å²) in [5, 5.41) is 4.11. The van der Waals surface area contributed by atoms with Gasteiger partial charge in [-0.2, -0.15) is 0 Å². The summed E-state index contributed by atoms with van der Waals surface area (Å²) in [5.74, 6) is 0.0194. The first-order chi connectivity index (χ1) is 15.9. The summed E-state index contributed by atoms with van der Waals surface area (Å²) >= 11 is 1.27. The van der Waals surface area contributed by atoms with Crippen molar-refractivity contribution in [3.05, 3.63) is 93.3 Å². The van der Waals surface area contributed by atoms with E-state index < -0.39 is 0 Å². The molecule has 1 amide bonds. The lowest BCUT2D eigenvalue weighted by Crippen LogP contribution is -2.23. The molecule has 0 atom stereocenters. The Morgan fingerprint density at radius 3 is 2.45 bits per heavy atom. The molecule has 0 aliphatic rings. The molecule has 0 saturated carbocycles. The highest BCUT2D eigenvalue weighted by Crippen LogP contribution is 2.25. The first kappa shape index (κ1) is 22.8. The number of nitrogens with zero attached hydrogens (tertiary/aromatic N) is 2. The van der Waals surface area contributed by atoms with Crippen LogP contribution < -0.4 is 10.9 Å². The number of anilines is 1. The SMILES string of the molecule is CCc1cccc(C)c1NC(=O)CSc1nc2ccccc2c(=O)n1-c1cc(C)cc(C)c1. The van der Waals surface area contributed by atoms with Crippen molar-refractivity contribution in [2.45, 2.75) is 39.3 Å². The summed E-state index contributed by atoms with van der Waals surface area (Å²) in [5.41, 5.74) is 6.36. The second-order valence-corrected chi connectivity index (χ2v) is 9.14. The van der Waals surface area contributed by atoms with Gasteiger partial charge < -0.3 is 5.32 Å². The Kier molecular flexibility index (Phi) is 6.65. The molecule has 0 fully saturated rings. The van der Waals surface area contributed by atoms with Crippen LogP contribution in [-0.2, 0) is 11.2 Å². The Labute approximate surface area is 197 Å². The van der Waals surface area contributed by atoms with E-state index in [1.165, 1.54) is 11.8 Å². The lowest BCUT2D eigenvalue weighted by Gasteiger charge is -2.15. The van der Waals surface area contributed by atoms with Gasteiger partial charge in [0.05, 0.1) is 22.3 Å². The van der Waals surface area contributed by atoms with Crippen molar-refractivity contribution >= 4 is 34.3 Å². The number of hydrogen-bond donors (Lipinski definition) is 1. The molecule has 1 N–H and O–H groups in total. The molecule has 6 heteroatoms. The number of aromatic nitrogens is 2. The Balaban J connectivity index is 1.70. The number of benzene rings is 3. The van der Waals surface area contributed by atoms with E-state index >= 15 is 0 Å². The molecule has 0 aliphatic heterocycles. The van der Waals surface area contributed by atoms with Crippen LogP contribution in [0.1, 0.15) is 29.2 Å². The number of amides is 1. The van der Waals surface area contributed by atoms with Gasteiger partial charge in [0.1, 0.15) is 0 Å². The van der Waals surface area contributed by atoms with Gasteiger partial charge in [-0.1, -0.05) is 55.1 Å². The third kappa shape index (κ3) is 4.86. The molecule has 0 radical (unpaired) electrons. The number of nitrogens with one attached hydrogen (secondary N) is 1. The zero-order chi connectivity index (χ0) is 23.5. The van der Waals surface area contributed by atoms with Gasteiger partial charge in [0, 0.05) is 5.69 Å². The van der Waals surface area contributed by atoms with E-state index in [0.717, 1.165) is 40.0 Å². The van der Waals surface area contributed by atoms with Crippen molar-refractivity contribution in [3.8, 4) is 5.69 Å². The first-order valence-corrected chi connectivity index (χ1v) is 12.0. The van der Waals surface area contributed by atoms with E-state index in [1.54, 1.807) is 10.6 Å². The van der Waals surface area contributed by atoms with E-state index in [2.05, 4.69) is 18.3 Å². The van der Waals surface area contributed by atoms with Crippen molar-refractivity contribution in [1.29, 1.82) is 0 Å². The van der Waals surface area contributed by atoms with Crippen LogP contribution in [0, 0.1) is 20.8 Å². The van der Waals surface area contributed by atoms with Crippen molar-refractivity contribution in [2.75, 3.05) is 11.1 Å². The molecule has 0 spiro atoms. The highest BCUT2D eigenvalue weighted by molar-refractivity contribution is 7.99. The maximum atomic E-state index is 13.4. The van der Waals surface area contributed by atoms with Gasteiger partial charge in [-0.25, -0.2) is 4.98 Å². The zero-order valence-corrected chi connectivity index (χ0v) is 20.1. The maximum absolute atomic E-state index is 13.4. The van der Waals surface area contributed by atoms with Crippen LogP contribution in [-0.4, -0.2) is 21.2 Å². The summed E-state index contributed by atoms with van der Waals surface area (Å²) in [6.45, 7) is 8.07. The van der Waals surface area contributed by atoms with Crippen molar-refractivity contribution < 1.29 is 4.79 Å². The van der Waals surface area contributed by atoms with Gasteiger partial charge in [-0.3, -0.25) is 14.2 Å². The molecular formula is C27H27N3O2S. The molecule has 0 saturated heterocycles. The van der Waals surface area contributed by atoms with Gasteiger partial charge in [0.25, 0.3) is 5.56 Å². The number of carbonyl (C=O) groups is 1. The average molecular weight is 458 g/mol. The van der Waals surface area contributed by atoms with Crippen LogP contribution in [0.5, 0.6) is 0 Å². The summed E-state index contributed by atoms with van der Waals surface area (Å²) in [7, 11) is 0. The van der Waals surface area contributed by atoms with Gasteiger partial charge in [0.15, 0.2) is 5.16 Å². The number of fused-ring (bicyclic) bond motifs is 1. The Morgan fingerprint density at radius 1 is 1.00 bits per heavy atom. The van der Waals surface area contributed by atoms with E-state index in [4.69, 9.17) is 4.98 Å². The molecule has 0 bridgehead atoms. The van der Waals surface area contributed by atoms with Crippen LogP contribution in [0.2, 0.25) is 0 Å². The monoisotopic (exact) mass is 457 g/mol. The number of thioether (sulfide) groups is 1. The standard InChI is InChI=1S/C27H27N3O2S/c1-5-20-10-8-9-19(4)25(20)29-24(31)16-33-27-28-23-12-7-6-11-22(23)26(32)30(27)21-14-17(2)13-18(3)15-21/h6-15H,5,16H2,1-4H3,(H,29,31). The topological polar surface area (TPSA) is 64.0 Å². The average Bonchev–Trinajstić information content (AvgIpc) is 2.78. The number of aryl methyl sites for hydroxylation is 4. The minimum atomic E-state index is -0.138. The van der Waals surface area contributed by atoms with Crippen LogP contribution in [0.25, 0.3) is 16.6 Å². The number of hydrogen-bond acceptors (Lipinski definition) is 4. The first-order valence-electron chi connectivity index (χ1n) is 11.0. The predicted octanol–water partition coefficient (Wildman–Crippen LogP) is 5.60. The second-order valence-electron chi connectivity index (χ2n) is 8.20. The molecule has 4 rings (SSSR count). The van der Waals surface area contributed by atoms with Crippen molar-refractivity contribution in [1.82, 2.24) is 9.55 Å². The fourth-order valence-electron chi connectivity index (χ4n) is 4.02. The third-order valence-electron chi connectivity index (χ3n) is 5.55. The Bertz CT molecular complexity index is 1390. The van der Waals surface area contributed by atoms with Crippen LogP contribution in [0.15, 0.2) is 70.6 Å². The molecule has 4 aromatic rings. The molecule has 168 valence electrons. The van der Waals surface area contributed by atoms with Crippen LogP contribution >= 0.6 is 11.8 Å². The van der Waals surface area contributed by atoms with Gasteiger partial charge in [-0.15, -0.1) is 0 Å². The van der Waals surface area contributed by atoms with Crippen LogP contribution in [0.3, 0.4) is 0 Å². The lowest BCUT2D eigenvalue weighted by molar-refractivity contribution is -0.113. The molecule has 0 unspecified atom stereocenters. The second kappa shape index (κ2) is 9.63. The Hall–Kier alpha value is -3.38. The molecule has 1 heterocycles. The van der Waals surface area contributed by atoms with Gasteiger partial charge >= 0.3 is 0 Å². The molecule has 1 aromatic heterocycles. The highest BCUT2D eigenvalue weighted by atomic mass is 32.2. The molecule has 33 heavy (non-hydrogen) atoms.